The number of carbonyl (C=O) groups is 1. The van der Waals surface area contributed by atoms with E-state index in [-0.39, 0.29) is 12.1 Å². The number of aromatic amines is 1. The van der Waals surface area contributed by atoms with Crippen LogP contribution in [0.3, 0.4) is 0 Å². The Morgan fingerprint density at radius 1 is 1.61 bits per heavy atom. The molecule has 18 heavy (non-hydrogen) atoms. The lowest BCUT2D eigenvalue weighted by atomic mass is 10.0. The van der Waals surface area contributed by atoms with Crippen molar-refractivity contribution in [3.8, 4) is 0 Å². The molecule has 2 rings (SSSR count). The van der Waals surface area contributed by atoms with E-state index in [1.165, 1.54) is 10.7 Å². The summed E-state index contributed by atoms with van der Waals surface area (Å²) in [5, 5.41) is 9.21. The van der Waals surface area contributed by atoms with Crippen LogP contribution >= 0.6 is 0 Å². The molecule has 0 radical (unpaired) electrons. The van der Waals surface area contributed by atoms with Gasteiger partial charge in [0.2, 0.25) is 5.91 Å². The quantitative estimate of drug-likeness (QED) is 0.675. The SMILES string of the molecule is CC(C)(CC(N)=O)Nc1cc2n[nH]c(=O)n2cn1. The highest BCUT2D eigenvalue weighted by atomic mass is 16.1. The number of hydrogen-bond acceptors (Lipinski definition) is 5. The van der Waals surface area contributed by atoms with E-state index in [4.69, 9.17) is 5.73 Å². The number of nitrogens with two attached hydrogens (primary N) is 1. The maximum Gasteiger partial charge on any atom is 0.348 e. The minimum atomic E-state index is -0.520. The van der Waals surface area contributed by atoms with Crippen molar-refractivity contribution < 1.29 is 4.79 Å². The second-order valence-corrected chi connectivity index (χ2v) is 4.68. The van der Waals surface area contributed by atoms with E-state index < -0.39 is 11.4 Å². The van der Waals surface area contributed by atoms with E-state index in [9.17, 15) is 9.59 Å². The Kier molecular flexibility index (Phi) is 2.77. The van der Waals surface area contributed by atoms with E-state index >= 15 is 0 Å². The van der Waals surface area contributed by atoms with E-state index in [1.54, 1.807) is 6.07 Å². The molecule has 0 aliphatic rings. The number of amides is 1. The number of nitrogens with zero attached hydrogens (tertiary/aromatic N) is 3. The summed E-state index contributed by atoms with van der Waals surface area (Å²) >= 11 is 0. The molecule has 8 heteroatoms. The standard InChI is InChI=1S/C10H14N6O2/c1-10(2,4-6(11)17)13-7-3-8-14-15-9(18)16(8)5-12-7/h3,5,13H,4H2,1-2H3,(H2,11,17)(H,15,18). The topological polar surface area (TPSA) is 118 Å². The van der Waals surface area contributed by atoms with Crippen molar-refractivity contribution in [3.05, 3.63) is 22.9 Å². The summed E-state index contributed by atoms with van der Waals surface area (Å²) in [5.74, 6) is 0.123. The highest BCUT2D eigenvalue weighted by Crippen LogP contribution is 2.16. The van der Waals surface area contributed by atoms with Gasteiger partial charge < -0.3 is 11.1 Å². The van der Waals surface area contributed by atoms with Crippen LogP contribution in [0.15, 0.2) is 17.2 Å². The molecular formula is C10H14N6O2. The second kappa shape index (κ2) is 4.13. The van der Waals surface area contributed by atoms with Crippen molar-refractivity contribution in [1.82, 2.24) is 19.6 Å². The average Bonchev–Trinajstić information content (AvgIpc) is 2.57. The predicted octanol–water partition coefficient (Wildman–Crippen LogP) is -0.516. The van der Waals surface area contributed by atoms with Crippen molar-refractivity contribution >= 4 is 17.4 Å². The van der Waals surface area contributed by atoms with Crippen molar-refractivity contribution in [2.24, 2.45) is 5.73 Å². The number of aromatic nitrogens is 4. The lowest BCUT2D eigenvalue weighted by Gasteiger charge is -2.25. The first kappa shape index (κ1) is 12.1. The summed E-state index contributed by atoms with van der Waals surface area (Å²) in [5.41, 5.74) is 4.75. The molecule has 0 aromatic carbocycles. The van der Waals surface area contributed by atoms with Crippen LogP contribution in [-0.4, -0.2) is 31.0 Å². The summed E-state index contributed by atoms with van der Waals surface area (Å²) in [7, 11) is 0. The van der Waals surface area contributed by atoms with Gasteiger partial charge in [-0.05, 0) is 13.8 Å². The second-order valence-electron chi connectivity index (χ2n) is 4.68. The van der Waals surface area contributed by atoms with Gasteiger partial charge in [-0.2, -0.15) is 5.10 Å². The number of rotatable bonds is 4. The van der Waals surface area contributed by atoms with Gasteiger partial charge in [0.05, 0.1) is 0 Å². The van der Waals surface area contributed by atoms with Gasteiger partial charge in [-0.3, -0.25) is 4.79 Å². The molecule has 0 atom stereocenters. The Labute approximate surface area is 102 Å². The average molecular weight is 250 g/mol. The number of nitrogens with one attached hydrogen (secondary N) is 2. The Hall–Kier alpha value is -2.38. The molecule has 0 saturated carbocycles. The van der Waals surface area contributed by atoms with Crippen LogP contribution in [0, 0.1) is 0 Å². The largest absolute Gasteiger partial charge is 0.370 e. The first-order chi connectivity index (χ1) is 8.37. The molecule has 1 amide bonds. The molecule has 0 fully saturated rings. The number of anilines is 1. The Morgan fingerprint density at radius 2 is 2.33 bits per heavy atom. The lowest BCUT2D eigenvalue weighted by Crippen LogP contribution is -2.36. The van der Waals surface area contributed by atoms with Gasteiger partial charge >= 0.3 is 5.69 Å². The molecule has 0 spiro atoms. The normalized spacial score (nSPS) is 11.7. The summed E-state index contributed by atoms with van der Waals surface area (Å²) in [6.07, 6.45) is 1.54. The molecule has 96 valence electrons. The number of H-pyrrole nitrogens is 1. The van der Waals surface area contributed by atoms with Crippen LogP contribution in [-0.2, 0) is 4.79 Å². The van der Waals surface area contributed by atoms with Crippen LogP contribution in [0.4, 0.5) is 5.82 Å². The Balaban J connectivity index is 2.26. The predicted molar refractivity (Wildman–Crippen MR) is 65.1 cm³/mol. The van der Waals surface area contributed by atoms with Crippen molar-refractivity contribution in [3.63, 3.8) is 0 Å². The third kappa shape index (κ3) is 2.47. The first-order valence-electron chi connectivity index (χ1n) is 5.37. The third-order valence-corrected chi connectivity index (χ3v) is 2.39. The van der Waals surface area contributed by atoms with Crippen molar-refractivity contribution in [1.29, 1.82) is 0 Å². The van der Waals surface area contributed by atoms with E-state index in [0.717, 1.165) is 0 Å². The van der Waals surface area contributed by atoms with Gasteiger partial charge in [0.1, 0.15) is 12.1 Å². The van der Waals surface area contributed by atoms with Crippen LogP contribution in [0.2, 0.25) is 0 Å². The third-order valence-electron chi connectivity index (χ3n) is 2.39. The van der Waals surface area contributed by atoms with Crippen LogP contribution in [0.5, 0.6) is 0 Å². The number of fused-ring (bicyclic) bond motifs is 1. The molecule has 0 saturated heterocycles. The van der Waals surface area contributed by atoms with Crippen molar-refractivity contribution in [2.75, 3.05) is 5.32 Å². The monoisotopic (exact) mass is 250 g/mol. The van der Waals surface area contributed by atoms with E-state index in [1.807, 2.05) is 13.8 Å². The van der Waals surface area contributed by atoms with Crippen LogP contribution in [0.25, 0.3) is 5.65 Å². The number of carbonyl (C=O) groups excluding carboxylic acids is 1. The van der Waals surface area contributed by atoms with E-state index in [0.29, 0.717) is 11.5 Å². The molecule has 4 N–H and O–H groups in total. The molecule has 8 nitrogen and oxygen atoms in total. The fraction of sp³-hybridized carbons (Fsp3) is 0.400. The van der Waals surface area contributed by atoms with Gasteiger partial charge in [-0.25, -0.2) is 19.3 Å². The summed E-state index contributed by atoms with van der Waals surface area (Å²) in [6.45, 7) is 3.67. The van der Waals surface area contributed by atoms with Crippen molar-refractivity contribution in [2.45, 2.75) is 25.8 Å². The zero-order valence-corrected chi connectivity index (χ0v) is 10.1. The Bertz CT molecular complexity index is 641. The fourth-order valence-corrected chi connectivity index (χ4v) is 1.70. The highest BCUT2D eigenvalue weighted by Gasteiger charge is 2.21. The molecule has 2 heterocycles. The van der Waals surface area contributed by atoms with Gasteiger partial charge in [0, 0.05) is 18.0 Å². The smallest absolute Gasteiger partial charge is 0.348 e. The van der Waals surface area contributed by atoms with Gasteiger partial charge in [-0.1, -0.05) is 0 Å². The summed E-state index contributed by atoms with van der Waals surface area (Å²) in [4.78, 5) is 26.2. The maximum atomic E-state index is 11.2. The first-order valence-corrected chi connectivity index (χ1v) is 5.37. The molecule has 0 aliphatic carbocycles. The zero-order chi connectivity index (χ0) is 13.3. The van der Waals surface area contributed by atoms with E-state index in [2.05, 4.69) is 20.5 Å². The minimum absolute atomic E-state index is 0.174. The molecule has 0 unspecified atom stereocenters. The zero-order valence-electron chi connectivity index (χ0n) is 10.1. The molecule has 0 aliphatic heterocycles. The minimum Gasteiger partial charge on any atom is -0.370 e. The Morgan fingerprint density at radius 3 is 3.00 bits per heavy atom. The fourth-order valence-electron chi connectivity index (χ4n) is 1.70. The molecular weight excluding hydrogens is 236 g/mol. The van der Waals surface area contributed by atoms with Gasteiger partial charge in [-0.15, -0.1) is 0 Å². The summed E-state index contributed by atoms with van der Waals surface area (Å²) in [6, 6.07) is 1.61. The summed E-state index contributed by atoms with van der Waals surface area (Å²) < 4.78 is 1.28. The highest BCUT2D eigenvalue weighted by molar-refractivity contribution is 5.75. The number of hydrogen-bond donors (Lipinski definition) is 3. The van der Waals surface area contributed by atoms with Gasteiger partial charge in [0.15, 0.2) is 5.65 Å². The maximum absolute atomic E-state index is 11.2. The molecule has 0 bridgehead atoms. The molecule has 2 aromatic heterocycles. The van der Waals surface area contributed by atoms with Crippen LogP contribution in [0.1, 0.15) is 20.3 Å². The lowest BCUT2D eigenvalue weighted by molar-refractivity contribution is -0.118. The number of primary amides is 1. The van der Waals surface area contributed by atoms with Gasteiger partial charge in [0.25, 0.3) is 0 Å². The van der Waals surface area contributed by atoms with Crippen LogP contribution < -0.4 is 16.7 Å². The molecule has 2 aromatic rings.